The van der Waals surface area contributed by atoms with Crippen molar-refractivity contribution in [2.75, 3.05) is 7.11 Å². The molecule has 5 nitrogen and oxygen atoms in total. The molecule has 25 heavy (non-hydrogen) atoms. The molecule has 0 aromatic heterocycles. The largest absolute Gasteiger partial charge is 0.385 e. The number of fused-ring (bicyclic) bond motifs is 1. The predicted octanol–water partition coefficient (Wildman–Crippen LogP) is 2.86. The van der Waals surface area contributed by atoms with Crippen LogP contribution >= 0.6 is 11.6 Å². The third-order valence-electron chi connectivity index (χ3n) is 6.17. The summed E-state index contributed by atoms with van der Waals surface area (Å²) < 4.78 is 12.0. The van der Waals surface area contributed by atoms with Gasteiger partial charge in [-0.3, -0.25) is 4.99 Å². The highest BCUT2D eigenvalue weighted by molar-refractivity contribution is 6.20. The van der Waals surface area contributed by atoms with Gasteiger partial charge >= 0.3 is 0 Å². The first-order chi connectivity index (χ1) is 11.6. The van der Waals surface area contributed by atoms with Crippen molar-refractivity contribution in [3.05, 3.63) is 0 Å². The maximum atomic E-state index is 11.8. The normalized spacial score (nSPS) is 45.1. The number of ether oxygens (including phenoxy) is 2. The molecule has 2 fully saturated rings. The second-order valence-electron chi connectivity index (χ2n) is 8.97. The van der Waals surface area contributed by atoms with Crippen LogP contribution in [0, 0.1) is 11.8 Å². The van der Waals surface area contributed by atoms with Crippen molar-refractivity contribution in [1.29, 1.82) is 0 Å². The topological polar surface area (TPSA) is 77.1 Å². The van der Waals surface area contributed by atoms with Crippen LogP contribution in [0.1, 0.15) is 59.3 Å². The van der Waals surface area contributed by atoms with E-state index in [2.05, 4.69) is 25.8 Å². The van der Waals surface area contributed by atoms with Gasteiger partial charge in [0.25, 0.3) is 0 Å². The van der Waals surface area contributed by atoms with E-state index in [9.17, 15) is 5.11 Å². The van der Waals surface area contributed by atoms with Crippen molar-refractivity contribution in [1.82, 2.24) is 0 Å². The molecule has 0 aromatic carbocycles. The van der Waals surface area contributed by atoms with Crippen LogP contribution in [0.2, 0.25) is 0 Å². The summed E-state index contributed by atoms with van der Waals surface area (Å²) in [6, 6.07) is 0.0817. The lowest BCUT2D eigenvalue weighted by Gasteiger charge is -2.48. The van der Waals surface area contributed by atoms with Gasteiger partial charge in [-0.15, -0.1) is 11.6 Å². The molecule has 3 N–H and O–H groups in total. The second kappa shape index (κ2) is 6.99. The molecule has 0 spiro atoms. The summed E-state index contributed by atoms with van der Waals surface area (Å²) in [6.45, 7) is 6.17. The third kappa shape index (κ3) is 3.71. The Morgan fingerprint density at radius 3 is 2.52 bits per heavy atom. The van der Waals surface area contributed by atoms with Crippen LogP contribution in [0.25, 0.3) is 0 Å². The maximum Gasteiger partial charge on any atom is 0.131 e. The van der Waals surface area contributed by atoms with Crippen LogP contribution in [0.4, 0.5) is 0 Å². The van der Waals surface area contributed by atoms with Gasteiger partial charge in [-0.1, -0.05) is 0 Å². The zero-order chi connectivity index (χ0) is 18.4. The van der Waals surface area contributed by atoms with E-state index >= 15 is 0 Å². The lowest BCUT2D eigenvalue weighted by Crippen LogP contribution is -2.60. The van der Waals surface area contributed by atoms with E-state index in [0.717, 1.165) is 38.5 Å². The number of nitrogens with two attached hydrogens (primary N) is 1. The summed E-state index contributed by atoms with van der Waals surface area (Å²) in [5, 5.41) is 11.9. The molecule has 7 atom stereocenters. The molecular weight excluding hydrogens is 340 g/mol. The van der Waals surface area contributed by atoms with Crippen molar-refractivity contribution in [2.24, 2.45) is 22.6 Å². The Labute approximate surface area is 156 Å². The Morgan fingerprint density at radius 1 is 1.16 bits per heavy atom. The lowest BCUT2D eigenvalue weighted by molar-refractivity contribution is -0.163. The number of aliphatic imine (C=N–C) groups is 1. The second-order valence-corrected chi connectivity index (χ2v) is 9.59. The standard InChI is InChI=1S/C19H33ClN2O3/c1-18(2,3)25-16-8-6-12(24-4)10-14(16)19(23)13-9-11(20)5-7-15(13)22-17(19)21/h11-16,23H,5-10H2,1-4H3,(H2,21,22). The van der Waals surface area contributed by atoms with Crippen molar-refractivity contribution in [3.8, 4) is 0 Å². The first-order valence-corrected chi connectivity index (χ1v) is 9.99. The molecule has 0 radical (unpaired) electrons. The lowest BCUT2D eigenvalue weighted by atomic mass is 9.64. The molecule has 0 saturated heterocycles. The third-order valence-corrected chi connectivity index (χ3v) is 6.57. The molecule has 2 aliphatic carbocycles. The molecular formula is C19H33ClN2O3. The van der Waals surface area contributed by atoms with Crippen molar-refractivity contribution in [3.63, 3.8) is 0 Å². The Kier molecular flexibility index (Phi) is 5.42. The minimum Gasteiger partial charge on any atom is -0.385 e. The molecule has 0 amide bonds. The van der Waals surface area contributed by atoms with E-state index in [1.54, 1.807) is 7.11 Å². The maximum absolute atomic E-state index is 11.8. The van der Waals surface area contributed by atoms with Gasteiger partial charge in [-0.2, -0.15) is 0 Å². The molecule has 2 saturated carbocycles. The zero-order valence-corrected chi connectivity index (χ0v) is 16.6. The first-order valence-electron chi connectivity index (χ1n) is 9.56. The van der Waals surface area contributed by atoms with Gasteiger partial charge in [0.1, 0.15) is 11.4 Å². The van der Waals surface area contributed by atoms with Crippen LogP contribution in [-0.4, -0.2) is 52.9 Å². The van der Waals surface area contributed by atoms with Gasteiger partial charge in [0.15, 0.2) is 0 Å². The molecule has 3 rings (SSSR count). The zero-order valence-electron chi connectivity index (χ0n) is 15.9. The monoisotopic (exact) mass is 372 g/mol. The van der Waals surface area contributed by atoms with Gasteiger partial charge in [0, 0.05) is 24.3 Å². The minimum absolute atomic E-state index is 0.0181. The van der Waals surface area contributed by atoms with E-state index in [4.69, 9.17) is 26.8 Å². The van der Waals surface area contributed by atoms with E-state index < -0.39 is 5.60 Å². The van der Waals surface area contributed by atoms with Crippen LogP contribution in [0.15, 0.2) is 4.99 Å². The van der Waals surface area contributed by atoms with Gasteiger partial charge in [-0.25, -0.2) is 0 Å². The molecule has 3 aliphatic rings. The Morgan fingerprint density at radius 2 is 1.88 bits per heavy atom. The fourth-order valence-corrected chi connectivity index (χ4v) is 5.36. The quantitative estimate of drug-likeness (QED) is 0.747. The van der Waals surface area contributed by atoms with E-state index in [1.807, 2.05) is 0 Å². The van der Waals surface area contributed by atoms with Gasteiger partial charge in [0.2, 0.25) is 0 Å². The fourth-order valence-electron chi connectivity index (χ4n) is 5.04. The molecule has 0 aromatic rings. The summed E-state index contributed by atoms with van der Waals surface area (Å²) in [7, 11) is 1.74. The van der Waals surface area contributed by atoms with E-state index in [-0.39, 0.29) is 41.1 Å². The molecule has 1 heterocycles. The van der Waals surface area contributed by atoms with Crippen molar-refractivity contribution in [2.45, 2.75) is 94.1 Å². The SMILES string of the molecule is COC1CCC(OC(C)(C)C)C(C2(O)C(N)=NC3CCC(Cl)CC32)C1. The van der Waals surface area contributed by atoms with E-state index in [0.29, 0.717) is 5.84 Å². The summed E-state index contributed by atoms with van der Waals surface area (Å²) in [4.78, 5) is 4.64. The number of halogens is 1. The molecule has 6 heteroatoms. The summed E-state index contributed by atoms with van der Waals surface area (Å²) in [5.74, 6) is 0.235. The van der Waals surface area contributed by atoms with Crippen LogP contribution < -0.4 is 5.73 Å². The van der Waals surface area contributed by atoms with Crippen molar-refractivity contribution >= 4 is 17.4 Å². The number of alkyl halides is 1. The van der Waals surface area contributed by atoms with Gasteiger partial charge < -0.3 is 20.3 Å². The highest BCUT2D eigenvalue weighted by Gasteiger charge is 2.59. The smallest absolute Gasteiger partial charge is 0.131 e. The fraction of sp³-hybridized carbons (Fsp3) is 0.947. The van der Waals surface area contributed by atoms with Crippen molar-refractivity contribution < 1.29 is 14.6 Å². The Balaban J connectivity index is 1.91. The van der Waals surface area contributed by atoms with Crippen LogP contribution in [-0.2, 0) is 9.47 Å². The predicted molar refractivity (Wildman–Crippen MR) is 100 cm³/mol. The summed E-state index contributed by atoms with van der Waals surface area (Å²) in [5.41, 5.74) is 4.90. The van der Waals surface area contributed by atoms with Gasteiger partial charge in [0.05, 0.1) is 23.9 Å². The highest BCUT2D eigenvalue weighted by Crippen LogP contribution is 2.49. The number of methoxy groups -OCH3 is 1. The number of amidine groups is 1. The Bertz CT molecular complexity index is 521. The number of nitrogens with zero attached hydrogens (tertiary/aromatic N) is 1. The number of rotatable bonds is 3. The van der Waals surface area contributed by atoms with Gasteiger partial charge in [-0.05, 0) is 59.3 Å². The highest BCUT2D eigenvalue weighted by atomic mass is 35.5. The number of aliphatic hydroxyl groups is 1. The first kappa shape index (κ1) is 19.4. The average molecular weight is 373 g/mol. The molecule has 7 unspecified atom stereocenters. The average Bonchev–Trinajstić information content (AvgIpc) is 2.78. The molecule has 0 bridgehead atoms. The minimum atomic E-state index is -1.15. The number of hydrogen-bond acceptors (Lipinski definition) is 5. The van der Waals surface area contributed by atoms with E-state index in [1.165, 1.54) is 0 Å². The van der Waals surface area contributed by atoms with Crippen LogP contribution in [0.5, 0.6) is 0 Å². The molecule has 1 aliphatic heterocycles. The Hall–Kier alpha value is -0.360. The summed E-state index contributed by atoms with van der Waals surface area (Å²) in [6.07, 6.45) is 5.18. The molecule has 144 valence electrons. The van der Waals surface area contributed by atoms with Crippen LogP contribution in [0.3, 0.4) is 0 Å². The summed E-state index contributed by atoms with van der Waals surface area (Å²) >= 11 is 6.44. The number of hydrogen-bond donors (Lipinski definition) is 2.